The summed E-state index contributed by atoms with van der Waals surface area (Å²) in [6.07, 6.45) is 3.93. The van der Waals surface area contributed by atoms with Crippen LogP contribution in [0.25, 0.3) is 5.57 Å². The molecule has 1 aromatic heterocycles. The predicted molar refractivity (Wildman–Crippen MR) is 118 cm³/mol. The molecular weight excluding hydrogens is 376 g/mol. The van der Waals surface area contributed by atoms with Crippen LogP contribution in [-0.2, 0) is 17.8 Å². The van der Waals surface area contributed by atoms with E-state index in [1.165, 1.54) is 22.3 Å². The van der Waals surface area contributed by atoms with E-state index in [-0.39, 0.29) is 5.92 Å². The minimum Gasteiger partial charge on any atom is -0.489 e. The maximum atomic E-state index is 11.0. The molecule has 1 saturated heterocycles. The molecule has 1 aromatic carbocycles. The van der Waals surface area contributed by atoms with E-state index in [2.05, 4.69) is 54.9 Å². The summed E-state index contributed by atoms with van der Waals surface area (Å²) < 4.78 is 6.03. The van der Waals surface area contributed by atoms with Crippen LogP contribution in [-0.4, -0.2) is 40.6 Å². The Morgan fingerprint density at radius 1 is 1.23 bits per heavy atom. The number of aromatic nitrogens is 1. The number of rotatable bonds is 7. The van der Waals surface area contributed by atoms with Gasteiger partial charge in [-0.2, -0.15) is 0 Å². The molecule has 2 aromatic rings. The van der Waals surface area contributed by atoms with Crippen LogP contribution < -0.4 is 4.74 Å². The van der Waals surface area contributed by atoms with Crippen molar-refractivity contribution in [3.8, 4) is 5.75 Å². The monoisotopic (exact) mass is 406 g/mol. The summed E-state index contributed by atoms with van der Waals surface area (Å²) in [4.78, 5) is 17.8. The maximum Gasteiger partial charge on any atom is 0.309 e. The quantitative estimate of drug-likeness (QED) is 0.732. The standard InChI is InChI=1S/C25H30N2O3/c1-16(2)24-9-4-18(11-26-24)15-30-22-7-8-23-17(3)20(6-5-19(23)10-22)12-27-13-21(14-27)25(28)29/h4,7-11,16,21H,5-6,12-15H2,1-3H3,(H,28,29). The van der Waals surface area contributed by atoms with E-state index in [9.17, 15) is 4.79 Å². The highest BCUT2D eigenvalue weighted by atomic mass is 16.5. The molecule has 0 atom stereocenters. The fourth-order valence-corrected chi connectivity index (χ4v) is 4.25. The van der Waals surface area contributed by atoms with Gasteiger partial charge in [0.2, 0.25) is 0 Å². The molecule has 1 aliphatic carbocycles. The molecule has 4 rings (SSSR count). The summed E-state index contributed by atoms with van der Waals surface area (Å²) in [7, 11) is 0. The first-order valence-corrected chi connectivity index (χ1v) is 10.8. The lowest BCUT2D eigenvalue weighted by molar-refractivity contribution is -0.147. The van der Waals surface area contributed by atoms with E-state index >= 15 is 0 Å². The van der Waals surface area contributed by atoms with Crippen molar-refractivity contribution in [1.29, 1.82) is 0 Å². The Morgan fingerprint density at radius 3 is 2.70 bits per heavy atom. The smallest absolute Gasteiger partial charge is 0.309 e. The van der Waals surface area contributed by atoms with E-state index in [0.717, 1.165) is 36.4 Å². The molecule has 1 aliphatic heterocycles. The zero-order valence-electron chi connectivity index (χ0n) is 18.0. The lowest BCUT2D eigenvalue weighted by atomic mass is 9.85. The number of allylic oxidation sites excluding steroid dienone is 1. The first-order chi connectivity index (χ1) is 14.4. The van der Waals surface area contributed by atoms with Gasteiger partial charge in [0.15, 0.2) is 0 Å². The first kappa shape index (κ1) is 20.6. The molecule has 5 heteroatoms. The number of aryl methyl sites for hydroxylation is 1. The molecule has 1 N–H and O–H groups in total. The molecule has 0 radical (unpaired) electrons. The van der Waals surface area contributed by atoms with Gasteiger partial charge >= 0.3 is 5.97 Å². The van der Waals surface area contributed by atoms with Crippen LogP contribution in [0.3, 0.4) is 0 Å². The predicted octanol–water partition coefficient (Wildman–Crippen LogP) is 4.52. The van der Waals surface area contributed by atoms with Gasteiger partial charge in [-0.1, -0.05) is 31.6 Å². The second kappa shape index (κ2) is 8.60. The second-order valence-corrected chi connectivity index (χ2v) is 8.81. The summed E-state index contributed by atoms with van der Waals surface area (Å²) in [6.45, 7) is 9.20. The van der Waals surface area contributed by atoms with Gasteiger partial charge in [0.1, 0.15) is 12.4 Å². The third kappa shape index (κ3) is 4.41. The number of likely N-dealkylation sites (tertiary alicyclic amines) is 1. The fraction of sp³-hybridized carbons (Fsp3) is 0.440. The van der Waals surface area contributed by atoms with Crippen LogP contribution in [0.15, 0.2) is 42.1 Å². The Hall–Kier alpha value is -2.66. The lowest BCUT2D eigenvalue weighted by Gasteiger charge is -2.38. The number of hydrogen-bond donors (Lipinski definition) is 1. The van der Waals surface area contributed by atoms with Gasteiger partial charge in [0, 0.05) is 37.1 Å². The molecule has 30 heavy (non-hydrogen) atoms. The minimum absolute atomic E-state index is 0.196. The Labute approximate surface area is 178 Å². The number of carboxylic acid groups (broad SMARTS) is 1. The topological polar surface area (TPSA) is 62.7 Å². The summed E-state index contributed by atoms with van der Waals surface area (Å²) in [5.41, 5.74) is 7.55. The summed E-state index contributed by atoms with van der Waals surface area (Å²) in [5.74, 6) is 0.454. The highest BCUT2D eigenvalue weighted by molar-refractivity contribution is 5.73. The van der Waals surface area contributed by atoms with Crippen molar-refractivity contribution in [2.24, 2.45) is 5.92 Å². The molecule has 0 bridgehead atoms. The van der Waals surface area contributed by atoms with E-state index in [0.29, 0.717) is 25.6 Å². The van der Waals surface area contributed by atoms with Crippen LogP contribution in [0.2, 0.25) is 0 Å². The number of ether oxygens (including phenoxy) is 1. The van der Waals surface area contributed by atoms with Crippen LogP contribution in [0.4, 0.5) is 0 Å². The fourth-order valence-electron chi connectivity index (χ4n) is 4.25. The van der Waals surface area contributed by atoms with Crippen molar-refractivity contribution in [1.82, 2.24) is 9.88 Å². The van der Waals surface area contributed by atoms with Crippen LogP contribution in [0.5, 0.6) is 5.75 Å². The highest BCUT2D eigenvalue weighted by Crippen LogP contribution is 2.34. The molecular formula is C25H30N2O3. The number of carbonyl (C=O) groups is 1. The number of aliphatic carboxylic acids is 1. The Balaban J connectivity index is 1.38. The van der Waals surface area contributed by atoms with Crippen LogP contribution >= 0.6 is 0 Å². The first-order valence-electron chi connectivity index (χ1n) is 10.8. The average molecular weight is 407 g/mol. The average Bonchev–Trinajstić information content (AvgIpc) is 2.70. The summed E-state index contributed by atoms with van der Waals surface area (Å²) in [6, 6.07) is 10.5. The molecule has 0 spiro atoms. The SMILES string of the molecule is CC1=C(CN2CC(C(=O)O)C2)CCc2cc(OCc3ccc(C(C)C)nc3)ccc21. The third-order valence-electron chi connectivity index (χ3n) is 6.27. The number of pyridine rings is 1. The normalized spacial score (nSPS) is 17.1. The molecule has 0 unspecified atom stereocenters. The van der Waals surface area contributed by atoms with Gasteiger partial charge in [-0.05, 0) is 60.6 Å². The van der Waals surface area contributed by atoms with Crippen molar-refractivity contribution >= 4 is 11.5 Å². The van der Waals surface area contributed by atoms with Gasteiger partial charge in [0.25, 0.3) is 0 Å². The van der Waals surface area contributed by atoms with Gasteiger partial charge in [-0.25, -0.2) is 0 Å². The Kier molecular flexibility index (Phi) is 5.91. The molecule has 1 fully saturated rings. The third-order valence-corrected chi connectivity index (χ3v) is 6.27. The number of nitrogens with zero attached hydrogens (tertiary/aromatic N) is 2. The van der Waals surface area contributed by atoms with Crippen molar-refractivity contribution < 1.29 is 14.6 Å². The van der Waals surface area contributed by atoms with Crippen LogP contribution in [0, 0.1) is 5.92 Å². The second-order valence-electron chi connectivity index (χ2n) is 8.81. The van der Waals surface area contributed by atoms with Gasteiger partial charge in [0.05, 0.1) is 5.92 Å². The van der Waals surface area contributed by atoms with Gasteiger partial charge in [-0.15, -0.1) is 0 Å². The molecule has 2 heterocycles. The largest absolute Gasteiger partial charge is 0.489 e. The summed E-state index contributed by atoms with van der Waals surface area (Å²) in [5, 5.41) is 9.06. The number of benzene rings is 1. The van der Waals surface area contributed by atoms with Crippen molar-refractivity contribution in [3.63, 3.8) is 0 Å². The lowest BCUT2D eigenvalue weighted by Crippen LogP contribution is -2.50. The number of fused-ring (bicyclic) bond motifs is 1. The van der Waals surface area contributed by atoms with Crippen molar-refractivity contribution in [3.05, 3.63) is 64.5 Å². The van der Waals surface area contributed by atoms with Crippen LogP contribution in [0.1, 0.15) is 55.5 Å². The van der Waals surface area contributed by atoms with E-state index in [1.807, 2.05) is 12.3 Å². The molecule has 0 saturated carbocycles. The number of carboxylic acids is 1. The van der Waals surface area contributed by atoms with Gasteiger partial charge < -0.3 is 9.84 Å². The zero-order chi connectivity index (χ0) is 21.3. The van der Waals surface area contributed by atoms with E-state index < -0.39 is 5.97 Å². The van der Waals surface area contributed by atoms with Crippen molar-refractivity contribution in [2.75, 3.05) is 19.6 Å². The molecule has 0 amide bonds. The highest BCUT2D eigenvalue weighted by Gasteiger charge is 2.33. The van der Waals surface area contributed by atoms with Gasteiger partial charge in [-0.3, -0.25) is 14.7 Å². The molecule has 2 aliphatic rings. The van der Waals surface area contributed by atoms with Crippen molar-refractivity contribution in [2.45, 2.75) is 46.1 Å². The van der Waals surface area contributed by atoms with E-state index in [4.69, 9.17) is 9.84 Å². The number of hydrogen-bond acceptors (Lipinski definition) is 4. The molecule has 5 nitrogen and oxygen atoms in total. The minimum atomic E-state index is -0.676. The summed E-state index contributed by atoms with van der Waals surface area (Å²) >= 11 is 0. The zero-order valence-corrected chi connectivity index (χ0v) is 18.0. The Morgan fingerprint density at radius 2 is 2.03 bits per heavy atom. The maximum absolute atomic E-state index is 11.0. The Bertz CT molecular complexity index is 957. The molecule has 158 valence electrons. The van der Waals surface area contributed by atoms with E-state index in [1.54, 1.807) is 0 Å².